The highest BCUT2D eigenvalue weighted by atomic mass is 16.5. The number of ether oxygens (including phenoxy) is 1. The van der Waals surface area contributed by atoms with Gasteiger partial charge in [0.1, 0.15) is 5.75 Å². The SMILES string of the molecule is CC(=O)Oc1ccc(-c2noc(C)n2)cc1. The Labute approximate surface area is 92.0 Å². The standard InChI is InChI=1S/C11H10N2O3/c1-7-12-11(13-16-7)9-3-5-10(6-4-9)15-8(2)14/h3-6H,1-2H3. The molecule has 5 nitrogen and oxygen atoms in total. The summed E-state index contributed by atoms with van der Waals surface area (Å²) in [5.74, 6) is 1.19. The minimum absolute atomic E-state index is 0.344. The zero-order chi connectivity index (χ0) is 11.5. The Morgan fingerprint density at radius 3 is 2.50 bits per heavy atom. The summed E-state index contributed by atoms with van der Waals surface area (Å²) in [6.07, 6.45) is 0. The lowest BCUT2D eigenvalue weighted by atomic mass is 10.2. The van der Waals surface area contributed by atoms with Crippen molar-refractivity contribution in [1.82, 2.24) is 10.1 Å². The maximum absolute atomic E-state index is 10.7. The average molecular weight is 218 g/mol. The van der Waals surface area contributed by atoms with E-state index >= 15 is 0 Å². The first kappa shape index (κ1) is 10.4. The monoisotopic (exact) mass is 218 g/mol. The van der Waals surface area contributed by atoms with Gasteiger partial charge in [0, 0.05) is 19.4 Å². The van der Waals surface area contributed by atoms with E-state index in [-0.39, 0.29) is 5.97 Å². The van der Waals surface area contributed by atoms with Crippen molar-refractivity contribution in [1.29, 1.82) is 0 Å². The van der Waals surface area contributed by atoms with E-state index in [2.05, 4.69) is 10.1 Å². The molecule has 0 bridgehead atoms. The van der Waals surface area contributed by atoms with Crippen molar-refractivity contribution in [2.24, 2.45) is 0 Å². The van der Waals surface area contributed by atoms with Crippen LogP contribution in [-0.2, 0) is 4.79 Å². The topological polar surface area (TPSA) is 65.2 Å². The first-order valence-electron chi connectivity index (χ1n) is 4.74. The molecule has 0 radical (unpaired) electrons. The molecule has 0 saturated carbocycles. The third-order valence-corrected chi connectivity index (χ3v) is 1.90. The average Bonchev–Trinajstić information content (AvgIpc) is 2.65. The molecule has 0 aliphatic heterocycles. The zero-order valence-corrected chi connectivity index (χ0v) is 8.93. The van der Waals surface area contributed by atoms with Gasteiger partial charge >= 0.3 is 5.97 Å². The van der Waals surface area contributed by atoms with Crippen molar-refractivity contribution >= 4 is 5.97 Å². The van der Waals surface area contributed by atoms with Crippen LogP contribution in [0.2, 0.25) is 0 Å². The highest BCUT2D eigenvalue weighted by Gasteiger charge is 2.05. The Bertz CT molecular complexity index is 502. The van der Waals surface area contributed by atoms with E-state index in [0.717, 1.165) is 5.56 Å². The molecule has 5 heteroatoms. The van der Waals surface area contributed by atoms with Crippen LogP contribution < -0.4 is 4.74 Å². The molecule has 0 aliphatic carbocycles. The molecule has 0 atom stereocenters. The predicted octanol–water partition coefficient (Wildman–Crippen LogP) is 1.97. The summed E-state index contributed by atoms with van der Waals surface area (Å²) >= 11 is 0. The molecule has 0 spiro atoms. The van der Waals surface area contributed by atoms with Crippen LogP contribution in [0.5, 0.6) is 5.75 Å². The number of nitrogens with zero attached hydrogens (tertiary/aromatic N) is 2. The third-order valence-electron chi connectivity index (χ3n) is 1.90. The summed E-state index contributed by atoms with van der Waals surface area (Å²) in [4.78, 5) is 14.8. The Morgan fingerprint density at radius 2 is 2.00 bits per heavy atom. The van der Waals surface area contributed by atoms with Crippen LogP contribution >= 0.6 is 0 Å². The second-order valence-electron chi connectivity index (χ2n) is 3.26. The Kier molecular flexibility index (Phi) is 2.68. The van der Waals surface area contributed by atoms with Crippen LogP contribution in [0, 0.1) is 6.92 Å². The fraction of sp³-hybridized carbons (Fsp3) is 0.182. The van der Waals surface area contributed by atoms with E-state index in [9.17, 15) is 4.79 Å². The minimum atomic E-state index is -0.344. The number of benzene rings is 1. The molecular formula is C11H10N2O3. The van der Waals surface area contributed by atoms with E-state index in [1.54, 1.807) is 31.2 Å². The van der Waals surface area contributed by atoms with Crippen molar-refractivity contribution in [2.75, 3.05) is 0 Å². The van der Waals surface area contributed by atoms with Crippen LogP contribution in [0.15, 0.2) is 28.8 Å². The minimum Gasteiger partial charge on any atom is -0.427 e. The van der Waals surface area contributed by atoms with E-state index in [0.29, 0.717) is 17.5 Å². The molecule has 1 heterocycles. The molecule has 0 aliphatic rings. The van der Waals surface area contributed by atoms with Crippen LogP contribution in [0.25, 0.3) is 11.4 Å². The van der Waals surface area contributed by atoms with Crippen LogP contribution in [0.4, 0.5) is 0 Å². The number of rotatable bonds is 2. The first-order chi connectivity index (χ1) is 7.65. The maximum Gasteiger partial charge on any atom is 0.308 e. The fourth-order valence-corrected chi connectivity index (χ4v) is 1.25. The molecule has 0 N–H and O–H groups in total. The number of carbonyl (C=O) groups is 1. The zero-order valence-electron chi connectivity index (χ0n) is 8.93. The number of aromatic nitrogens is 2. The molecule has 1 aromatic carbocycles. The van der Waals surface area contributed by atoms with Crippen molar-refractivity contribution in [3.05, 3.63) is 30.2 Å². The van der Waals surface area contributed by atoms with Gasteiger partial charge in [0.15, 0.2) is 0 Å². The van der Waals surface area contributed by atoms with Gasteiger partial charge in [0.05, 0.1) is 0 Å². The van der Waals surface area contributed by atoms with Gasteiger partial charge in [0.25, 0.3) is 0 Å². The highest BCUT2D eigenvalue weighted by Crippen LogP contribution is 2.19. The van der Waals surface area contributed by atoms with Crippen molar-refractivity contribution < 1.29 is 14.1 Å². The molecule has 82 valence electrons. The molecular weight excluding hydrogens is 208 g/mol. The maximum atomic E-state index is 10.7. The van der Waals surface area contributed by atoms with E-state index < -0.39 is 0 Å². The summed E-state index contributed by atoms with van der Waals surface area (Å²) in [5.41, 5.74) is 0.813. The molecule has 2 rings (SSSR count). The van der Waals surface area contributed by atoms with Crippen molar-refractivity contribution in [3.8, 4) is 17.1 Å². The highest BCUT2D eigenvalue weighted by molar-refractivity contribution is 5.69. The second-order valence-corrected chi connectivity index (χ2v) is 3.26. The van der Waals surface area contributed by atoms with Gasteiger partial charge in [-0.25, -0.2) is 0 Å². The summed E-state index contributed by atoms with van der Waals surface area (Å²) in [7, 11) is 0. The van der Waals surface area contributed by atoms with Crippen LogP contribution in [0.3, 0.4) is 0 Å². The van der Waals surface area contributed by atoms with Crippen molar-refractivity contribution in [2.45, 2.75) is 13.8 Å². The number of hydrogen-bond donors (Lipinski definition) is 0. The van der Waals surface area contributed by atoms with Gasteiger partial charge in [-0.15, -0.1) is 0 Å². The van der Waals surface area contributed by atoms with Gasteiger partial charge in [-0.1, -0.05) is 5.16 Å². The third kappa shape index (κ3) is 2.25. The number of hydrogen-bond acceptors (Lipinski definition) is 5. The molecule has 16 heavy (non-hydrogen) atoms. The number of carbonyl (C=O) groups excluding carboxylic acids is 1. The van der Waals surface area contributed by atoms with Gasteiger partial charge in [-0.3, -0.25) is 4.79 Å². The summed E-state index contributed by atoms with van der Waals surface area (Å²) in [6.45, 7) is 3.08. The van der Waals surface area contributed by atoms with Crippen LogP contribution in [0.1, 0.15) is 12.8 Å². The molecule has 0 unspecified atom stereocenters. The van der Waals surface area contributed by atoms with Crippen LogP contribution in [-0.4, -0.2) is 16.1 Å². The Balaban J connectivity index is 2.22. The molecule has 1 aromatic heterocycles. The molecule has 0 saturated heterocycles. The first-order valence-corrected chi connectivity index (χ1v) is 4.74. The van der Waals surface area contributed by atoms with Gasteiger partial charge in [-0.05, 0) is 24.3 Å². The summed E-state index contributed by atoms with van der Waals surface area (Å²) in [6, 6.07) is 6.90. The summed E-state index contributed by atoms with van der Waals surface area (Å²) in [5, 5.41) is 3.78. The van der Waals surface area contributed by atoms with Crippen molar-refractivity contribution in [3.63, 3.8) is 0 Å². The predicted molar refractivity (Wildman–Crippen MR) is 55.8 cm³/mol. The van der Waals surface area contributed by atoms with Gasteiger partial charge in [-0.2, -0.15) is 4.98 Å². The Morgan fingerprint density at radius 1 is 1.31 bits per heavy atom. The lowest BCUT2D eigenvalue weighted by Crippen LogP contribution is -2.00. The Hall–Kier alpha value is -2.17. The normalized spacial score (nSPS) is 10.1. The van der Waals surface area contributed by atoms with Gasteiger partial charge in [0.2, 0.25) is 11.7 Å². The van der Waals surface area contributed by atoms with E-state index in [1.807, 2.05) is 0 Å². The lowest BCUT2D eigenvalue weighted by molar-refractivity contribution is -0.131. The number of aryl methyl sites for hydroxylation is 1. The quantitative estimate of drug-likeness (QED) is 0.569. The lowest BCUT2D eigenvalue weighted by Gasteiger charge is -2.00. The number of esters is 1. The molecule has 0 amide bonds. The summed E-state index contributed by atoms with van der Waals surface area (Å²) < 4.78 is 9.77. The second kappa shape index (κ2) is 4.14. The fourth-order valence-electron chi connectivity index (χ4n) is 1.25. The van der Waals surface area contributed by atoms with E-state index in [1.165, 1.54) is 6.92 Å². The molecule has 2 aromatic rings. The van der Waals surface area contributed by atoms with Gasteiger partial charge < -0.3 is 9.26 Å². The van der Waals surface area contributed by atoms with E-state index in [4.69, 9.17) is 9.26 Å². The largest absolute Gasteiger partial charge is 0.427 e. The molecule has 0 fully saturated rings. The smallest absolute Gasteiger partial charge is 0.308 e.